The number of ether oxygens (including phenoxy) is 1. The van der Waals surface area contributed by atoms with Crippen molar-refractivity contribution in [3.8, 4) is 0 Å². The minimum atomic E-state index is -0.424. The third kappa shape index (κ3) is 4.10. The predicted molar refractivity (Wildman–Crippen MR) is 99.0 cm³/mol. The molecule has 25 heavy (non-hydrogen) atoms. The van der Waals surface area contributed by atoms with E-state index in [4.69, 9.17) is 4.74 Å². The van der Waals surface area contributed by atoms with E-state index in [1.807, 2.05) is 25.1 Å². The number of benzene rings is 1. The van der Waals surface area contributed by atoms with Gasteiger partial charge in [-0.2, -0.15) is 0 Å². The molecular weight excluding hydrogens is 334 g/mol. The van der Waals surface area contributed by atoms with Crippen molar-refractivity contribution < 1.29 is 14.3 Å². The van der Waals surface area contributed by atoms with Crippen molar-refractivity contribution in [2.24, 2.45) is 0 Å². The number of aryl methyl sites for hydroxylation is 3. The van der Waals surface area contributed by atoms with Crippen LogP contribution in [0.3, 0.4) is 0 Å². The number of rotatable bonds is 5. The molecule has 0 spiro atoms. The maximum atomic E-state index is 12.2. The molecule has 1 aliphatic rings. The molecule has 0 saturated heterocycles. The second kappa shape index (κ2) is 7.83. The molecule has 1 amide bonds. The number of hydrogen-bond acceptors (Lipinski definition) is 4. The molecule has 0 bridgehead atoms. The molecule has 1 aromatic carbocycles. The highest BCUT2D eigenvalue weighted by molar-refractivity contribution is 7.14. The van der Waals surface area contributed by atoms with Crippen LogP contribution >= 0.6 is 11.3 Å². The Morgan fingerprint density at radius 1 is 1.32 bits per heavy atom. The van der Waals surface area contributed by atoms with Crippen LogP contribution in [-0.4, -0.2) is 18.5 Å². The number of hydrogen-bond donors (Lipinski definition) is 1. The van der Waals surface area contributed by atoms with E-state index in [0.717, 1.165) is 36.1 Å². The van der Waals surface area contributed by atoms with Gasteiger partial charge in [0.25, 0.3) is 5.91 Å². The molecule has 0 unspecified atom stereocenters. The fourth-order valence-corrected chi connectivity index (χ4v) is 4.32. The van der Waals surface area contributed by atoms with Crippen LogP contribution in [0.4, 0.5) is 0 Å². The second-order valence-corrected chi connectivity index (χ2v) is 7.59. The Balaban J connectivity index is 1.56. The zero-order chi connectivity index (χ0) is 17.8. The Kier molecular flexibility index (Phi) is 5.53. The van der Waals surface area contributed by atoms with Gasteiger partial charge in [0.1, 0.15) is 4.88 Å². The minimum Gasteiger partial charge on any atom is -0.451 e. The molecule has 132 valence electrons. The van der Waals surface area contributed by atoms with Crippen molar-refractivity contribution in [2.75, 3.05) is 6.61 Å². The maximum Gasteiger partial charge on any atom is 0.348 e. The van der Waals surface area contributed by atoms with Crippen LogP contribution in [0.25, 0.3) is 0 Å². The lowest BCUT2D eigenvalue weighted by molar-refractivity contribution is -0.125. The van der Waals surface area contributed by atoms with Crippen molar-refractivity contribution in [3.63, 3.8) is 0 Å². The number of carbonyl (C=O) groups excluding carboxylic acids is 2. The molecule has 2 aromatic rings. The molecule has 1 aromatic heterocycles. The molecule has 4 nitrogen and oxygen atoms in total. The van der Waals surface area contributed by atoms with Gasteiger partial charge in [-0.25, -0.2) is 4.79 Å². The summed E-state index contributed by atoms with van der Waals surface area (Å²) in [6.07, 6.45) is 3.91. The average molecular weight is 357 g/mol. The lowest BCUT2D eigenvalue weighted by atomic mass is 9.88. The van der Waals surface area contributed by atoms with E-state index >= 15 is 0 Å². The van der Waals surface area contributed by atoms with E-state index in [0.29, 0.717) is 4.88 Å². The van der Waals surface area contributed by atoms with E-state index in [9.17, 15) is 9.59 Å². The quantitative estimate of drug-likeness (QED) is 0.824. The Labute approximate surface area is 152 Å². The molecular formula is C20H23NO3S. The van der Waals surface area contributed by atoms with Gasteiger partial charge in [-0.1, -0.05) is 31.2 Å². The maximum absolute atomic E-state index is 12.2. The molecule has 1 heterocycles. The summed E-state index contributed by atoms with van der Waals surface area (Å²) in [7, 11) is 0. The highest BCUT2D eigenvalue weighted by atomic mass is 32.1. The van der Waals surface area contributed by atoms with Gasteiger partial charge in [0.05, 0.1) is 6.04 Å². The number of thiophene rings is 1. The van der Waals surface area contributed by atoms with Crippen LogP contribution in [0, 0.1) is 6.92 Å². The number of amides is 1. The summed E-state index contributed by atoms with van der Waals surface area (Å²) in [4.78, 5) is 26.0. The molecule has 5 heteroatoms. The van der Waals surface area contributed by atoms with E-state index in [1.54, 1.807) is 0 Å². The number of esters is 1. The van der Waals surface area contributed by atoms with Crippen LogP contribution in [-0.2, 0) is 22.4 Å². The first-order valence-electron chi connectivity index (χ1n) is 8.72. The minimum absolute atomic E-state index is 0.00632. The summed E-state index contributed by atoms with van der Waals surface area (Å²) in [6.45, 7) is 3.81. The number of nitrogens with one attached hydrogen (secondary N) is 1. The second-order valence-electron chi connectivity index (χ2n) is 6.33. The van der Waals surface area contributed by atoms with E-state index < -0.39 is 5.97 Å². The molecule has 1 aliphatic carbocycles. The number of fused-ring (bicyclic) bond motifs is 1. The lowest BCUT2D eigenvalue weighted by Gasteiger charge is -2.26. The summed E-state index contributed by atoms with van der Waals surface area (Å²) in [5.41, 5.74) is 3.62. The van der Waals surface area contributed by atoms with Gasteiger partial charge in [-0.05, 0) is 55.4 Å². The summed E-state index contributed by atoms with van der Waals surface area (Å²) in [6, 6.07) is 10.1. The van der Waals surface area contributed by atoms with Crippen LogP contribution < -0.4 is 5.32 Å². The fraction of sp³-hybridized carbons (Fsp3) is 0.400. The molecule has 0 aliphatic heterocycles. The smallest absolute Gasteiger partial charge is 0.348 e. The van der Waals surface area contributed by atoms with Crippen molar-refractivity contribution in [2.45, 2.75) is 45.6 Å². The van der Waals surface area contributed by atoms with Crippen molar-refractivity contribution >= 4 is 23.2 Å². The molecule has 0 saturated carbocycles. The van der Waals surface area contributed by atoms with Gasteiger partial charge in [-0.3, -0.25) is 4.79 Å². The first-order valence-corrected chi connectivity index (χ1v) is 9.53. The summed E-state index contributed by atoms with van der Waals surface area (Å²) in [5, 5.41) is 3.00. The van der Waals surface area contributed by atoms with Crippen LogP contribution in [0.2, 0.25) is 0 Å². The topological polar surface area (TPSA) is 55.4 Å². The van der Waals surface area contributed by atoms with Gasteiger partial charge in [0.15, 0.2) is 6.61 Å². The highest BCUT2D eigenvalue weighted by Crippen LogP contribution is 2.29. The third-order valence-electron chi connectivity index (χ3n) is 4.64. The highest BCUT2D eigenvalue weighted by Gasteiger charge is 2.22. The summed E-state index contributed by atoms with van der Waals surface area (Å²) >= 11 is 1.42. The van der Waals surface area contributed by atoms with E-state index in [1.165, 1.54) is 22.5 Å². The first kappa shape index (κ1) is 17.7. The monoisotopic (exact) mass is 357 g/mol. The molecule has 3 rings (SSSR count). The predicted octanol–water partition coefficient (Wildman–Crippen LogP) is 3.97. The van der Waals surface area contributed by atoms with Crippen molar-refractivity contribution in [1.29, 1.82) is 0 Å². The van der Waals surface area contributed by atoms with Crippen LogP contribution in [0.1, 0.15) is 57.0 Å². The molecule has 0 fully saturated rings. The van der Waals surface area contributed by atoms with Gasteiger partial charge in [0.2, 0.25) is 0 Å². The summed E-state index contributed by atoms with van der Waals surface area (Å²) < 4.78 is 5.19. The summed E-state index contributed by atoms with van der Waals surface area (Å²) in [5.74, 6) is -0.675. The molecule has 1 N–H and O–H groups in total. The normalized spacial score (nSPS) is 16.2. The van der Waals surface area contributed by atoms with Gasteiger partial charge in [0, 0.05) is 4.88 Å². The molecule has 1 atom stereocenters. The zero-order valence-electron chi connectivity index (χ0n) is 14.6. The Hall–Kier alpha value is -2.14. The lowest BCUT2D eigenvalue weighted by Crippen LogP contribution is -2.34. The van der Waals surface area contributed by atoms with Gasteiger partial charge >= 0.3 is 5.97 Å². The third-order valence-corrected chi connectivity index (χ3v) is 5.71. The van der Waals surface area contributed by atoms with Gasteiger partial charge < -0.3 is 10.1 Å². The SMILES string of the molecule is CCc1cc(C(=O)OCC(=O)N[C@@H]2CCCc3ccccc32)sc1C. The standard InChI is InChI=1S/C20H23NO3S/c1-3-14-11-18(25-13(14)2)20(23)24-12-19(22)21-17-10-6-8-15-7-4-5-9-16(15)17/h4-5,7,9,11,17H,3,6,8,10,12H2,1-2H3,(H,21,22)/t17-/m1/s1. The fourth-order valence-electron chi connectivity index (χ4n) is 3.31. The molecule has 0 radical (unpaired) electrons. The number of carbonyl (C=O) groups is 2. The van der Waals surface area contributed by atoms with Crippen molar-refractivity contribution in [3.05, 3.63) is 56.8 Å². The van der Waals surface area contributed by atoms with Crippen molar-refractivity contribution in [1.82, 2.24) is 5.32 Å². The van der Waals surface area contributed by atoms with E-state index in [-0.39, 0.29) is 18.6 Å². The Morgan fingerprint density at radius 3 is 2.88 bits per heavy atom. The zero-order valence-corrected chi connectivity index (χ0v) is 15.4. The Bertz CT molecular complexity index is 781. The van der Waals surface area contributed by atoms with Gasteiger partial charge in [-0.15, -0.1) is 11.3 Å². The Morgan fingerprint density at radius 2 is 2.12 bits per heavy atom. The van der Waals surface area contributed by atoms with Crippen LogP contribution in [0.15, 0.2) is 30.3 Å². The van der Waals surface area contributed by atoms with Crippen LogP contribution in [0.5, 0.6) is 0 Å². The average Bonchev–Trinajstić information content (AvgIpc) is 3.01. The largest absolute Gasteiger partial charge is 0.451 e. The first-order chi connectivity index (χ1) is 12.1. The van der Waals surface area contributed by atoms with E-state index in [2.05, 4.69) is 24.4 Å².